The number of hydrogen-bond acceptors (Lipinski definition) is 10. The third kappa shape index (κ3) is 4.50. The van der Waals surface area contributed by atoms with Gasteiger partial charge in [0.2, 0.25) is 0 Å². The fourth-order valence-electron chi connectivity index (χ4n) is 3.92. The Kier molecular flexibility index (Phi) is 8.01. The monoisotopic (exact) mass is 555 g/mol. The van der Waals surface area contributed by atoms with E-state index >= 15 is 0 Å². The summed E-state index contributed by atoms with van der Waals surface area (Å²) in [5.41, 5.74) is 6.91. The second kappa shape index (κ2) is 11.0. The third-order valence-corrected chi connectivity index (χ3v) is 6.16. The lowest BCUT2D eigenvalue weighted by atomic mass is 9.81. The van der Waals surface area contributed by atoms with Crippen LogP contribution >= 0.6 is 15.9 Å². The number of benzene rings is 2. The Morgan fingerprint density at radius 3 is 2.11 bits per heavy atom. The van der Waals surface area contributed by atoms with Crippen LogP contribution in [0.15, 0.2) is 69.6 Å². The highest BCUT2D eigenvalue weighted by Crippen LogP contribution is 2.46. The Morgan fingerprint density at radius 2 is 1.58 bits per heavy atom. The van der Waals surface area contributed by atoms with Crippen LogP contribution in [-0.2, 0) is 23.8 Å². The molecule has 0 aromatic heterocycles. The second-order valence-corrected chi connectivity index (χ2v) is 8.19. The summed E-state index contributed by atoms with van der Waals surface area (Å²) in [5.74, 6) is -3.47. The van der Waals surface area contributed by atoms with Gasteiger partial charge in [0.15, 0.2) is 0 Å². The molecular weight excluding hydrogens is 534 g/mol. The number of anilines is 1. The molecule has 1 aliphatic rings. The van der Waals surface area contributed by atoms with Crippen molar-refractivity contribution >= 4 is 39.5 Å². The van der Waals surface area contributed by atoms with Crippen molar-refractivity contribution in [2.45, 2.75) is 5.92 Å². The van der Waals surface area contributed by atoms with E-state index in [1.54, 1.807) is 30.3 Å². The SMILES string of the molecule is COC(=O)C1=C(C(=O)OC)N(c2cc(OC)c(C(=O)OC)cc2Br)C(N)=C(C#N)C1c1ccccc1. The number of allylic oxidation sites excluding steroid dienone is 1. The summed E-state index contributed by atoms with van der Waals surface area (Å²) in [6.45, 7) is 0. The quantitative estimate of drug-likeness (QED) is 0.417. The summed E-state index contributed by atoms with van der Waals surface area (Å²) in [6, 6.07) is 13.5. The molecule has 0 spiro atoms. The molecule has 0 bridgehead atoms. The number of nitrogens with zero attached hydrogens (tertiary/aromatic N) is 2. The Balaban J connectivity index is 2.45. The van der Waals surface area contributed by atoms with Gasteiger partial charge in [-0.25, -0.2) is 14.4 Å². The van der Waals surface area contributed by atoms with Crippen molar-refractivity contribution in [2.75, 3.05) is 33.3 Å². The Hall–Kier alpha value is -4.30. The van der Waals surface area contributed by atoms with Gasteiger partial charge in [-0.1, -0.05) is 30.3 Å². The van der Waals surface area contributed by atoms with E-state index in [9.17, 15) is 19.6 Å². The van der Waals surface area contributed by atoms with Crippen LogP contribution in [0, 0.1) is 11.3 Å². The number of esters is 3. The van der Waals surface area contributed by atoms with E-state index in [2.05, 4.69) is 22.0 Å². The molecule has 11 heteroatoms. The molecule has 1 heterocycles. The van der Waals surface area contributed by atoms with Crippen LogP contribution < -0.4 is 15.4 Å². The molecule has 10 nitrogen and oxygen atoms in total. The van der Waals surface area contributed by atoms with Gasteiger partial charge in [-0.15, -0.1) is 0 Å². The van der Waals surface area contributed by atoms with Crippen molar-refractivity contribution in [1.82, 2.24) is 0 Å². The lowest BCUT2D eigenvalue weighted by Gasteiger charge is -2.36. The summed E-state index contributed by atoms with van der Waals surface area (Å²) in [6.07, 6.45) is 0. The minimum absolute atomic E-state index is 0.00263. The van der Waals surface area contributed by atoms with Crippen LogP contribution in [0.1, 0.15) is 21.8 Å². The number of rotatable bonds is 6. The van der Waals surface area contributed by atoms with Gasteiger partial charge in [-0.3, -0.25) is 4.90 Å². The first kappa shape index (κ1) is 26.3. The molecule has 0 aliphatic carbocycles. The number of nitrogens with two attached hydrogens (primary N) is 1. The smallest absolute Gasteiger partial charge is 0.355 e. The molecule has 2 aromatic carbocycles. The lowest BCUT2D eigenvalue weighted by Crippen LogP contribution is -2.41. The fraction of sp³-hybridized carbons (Fsp3) is 0.200. The maximum Gasteiger partial charge on any atom is 0.355 e. The van der Waals surface area contributed by atoms with E-state index in [0.29, 0.717) is 5.56 Å². The van der Waals surface area contributed by atoms with Crippen molar-refractivity contribution < 1.29 is 33.3 Å². The predicted octanol–water partition coefficient (Wildman–Crippen LogP) is 3.14. The zero-order valence-corrected chi connectivity index (χ0v) is 21.4. The highest BCUT2D eigenvalue weighted by molar-refractivity contribution is 9.10. The highest BCUT2D eigenvalue weighted by Gasteiger charge is 2.43. The van der Waals surface area contributed by atoms with E-state index in [4.69, 9.17) is 24.7 Å². The summed E-state index contributed by atoms with van der Waals surface area (Å²) < 4.78 is 20.5. The minimum atomic E-state index is -1.01. The van der Waals surface area contributed by atoms with Crippen LogP contribution in [0.5, 0.6) is 5.75 Å². The van der Waals surface area contributed by atoms with Crippen LogP contribution in [0.2, 0.25) is 0 Å². The third-order valence-electron chi connectivity index (χ3n) is 5.53. The van der Waals surface area contributed by atoms with Gasteiger partial charge in [0.05, 0.1) is 57.3 Å². The van der Waals surface area contributed by atoms with Crippen LogP contribution in [-0.4, -0.2) is 46.3 Å². The number of halogens is 1. The van der Waals surface area contributed by atoms with Crippen molar-refractivity contribution in [2.24, 2.45) is 5.73 Å². The lowest BCUT2D eigenvalue weighted by molar-refractivity contribution is -0.139. The van der Waals surface area contributed by atoms with E-state index in [1.165, 1.54) is 31.3 Å². The van der Waals surface area contributed by atoms with Gasteiger partial charge in [-0.2, -0.15) is 5.26 Å². The molecule has 1 aliphatic heterocycles. The van der Waals surface area contributed by atoms with Gasteiger partial charge in [-0.05, 0) is 27.6 Å². The first-order valence-electron chi connectivity index (χ1n) is 10.4. The molecule has 0 saturated heterocycles. The minimum Gasteiger partial charge on any atom is -0.496 e. The average Bonchev–Trinajstić information content (AvgIpc) is 2.91. The van der Waals surface area contributed by atoms with Crippen molar-refractivity contribution in [1.29, 1.82) is 5.26 Å². The topological polar surface area (TPSA) is 141 Å². The number of carbonyl (C=O) groups is 3. The van der Waals surface area contributed by atoms with Crippen LogP contribution in [0.4, 0.5) is 5.69 Å². The largest absolute Gasteiger partial charge is 0.496 e. The number of nitriles is 1. The second-order valence-electron chi connectivity index (χ2n) is 7.33. The van der Waals surface area contributed by atoms with Gasteiger partial charge < -0.3 is 24.7 Å². The van der Waals surface area contributed by atoms with Crippen LogP contribution in [0.3, 0.4) is 0 Å². The number of methoxy groups -OCH3 is 4. The zero-order valence-electron chi connectivity index (χ0n) is 19.8. The van der Waals surface area contributed by atoms with Crippen molar-refractivity contribution in [3.8, 4) is 11.8 Å². The Labute approximate surface area is 215 Å². The molecule has 0 radical (unpaired) electrons. The van der Waals surface area contributed by atoms with Gasteiger partial charge in [0.25, 0.3) is 0 Å². The summed E-state index contributed by atoms with van der Waals surface area (Å²) >= 11 is 3.39. The number of hydrogen-bond donors (Lipinski definition) is 1. The molecular formula is C25H22BrN3O7. The van der Waals surface area contributed by atoms with Gasteiger partial charge >= 0.3 is 17.9 Å². The Bertz CT molecular complexity index is 1330. The maximum absolute atomic E-state index is 13.2. The van der Waals surface area contributed by atoms with Gasteiger partial charge in [0, 0.05) is 10.5 Å². The normalized spacial score (nSPS) is 15.2. The number of carbonyl (C=O) groups excluding carboxylic acids is 3. The summed E-state index contributed by atoms with van der Waals surface area (Å²) in [7, 11) is 4.88. The molecule has 0 amide bonds. The fourth-order valence-corrected chi connectivity index (χ4v) is 4.44. The molecule has 3 rings (SSSR count). The zero-order chi connectivity index (χ0) is 26.6. The predicted molar refractivity (Wildman–Crippen MR) is 132 cm³/mol. The maximum atomic E-state index is 13.2. The molecule has 2 N–H and O–H groups in total. The average molecular weight is 556 g/mol. The molecule has 0 saturated carbocycles. The standard InChI is InChI=1S/C25H22BrN3O7/c1-33-18-11-17(16(26)10-14(18)23(30)34-2)29-21(25(32)36-4)20(24(31)35-3)19(15(12-27)22(29)28)13-8-6-5-7-9-13/h5-11,19H,28H2,1-4H3. The van der Waals surface area contributed by atoms with Crippen molar-refractivity contribution in [3.05, 3.63) is 80.7 Å². The number of ether oxygens (including phenoxy) is 4. The molecule has 1 atom stereocenters. The summed E-state index contributed by atoms with van der Waals surface area (Å²) in [5, 5.41) is 10.1. The first-order valence-corrected chi connectivity index (χ1v) is 11.2. The van der Waals surface area contributed by atoms with E-state index in [0.717, 1.165) is 14.2 Å². The first-order chi connectivity index (χ1) is 17.2. The van der Waals surface area contributed by atoms with Gasteiger partial charge in [0.1, 0.15) is 22.8 Å². The molecule has 2 aromatic rings. The molecule has 186 valence electrons. The van der Waals surface area contributed by atoms with Crippen molar-refractivity contribution in [3.63, 3.8) is 0 Å². The Morgan fingerprint density at radius 1 is 0.972 bits per heavy atom. The van der Waals surface area contributed by atoms with E-state index < -0.39 is 23.8 Å². The summed E-state index contributed by atoms with van der Waals surface area (Å²) in [4.78, 5) is 39.7. The van der Waals surface area contributed by atoms with E-state index in [-0.39, 0.29) is 44.1 Å². The van der Waals surface area contributed by atoms with E-state index in [1.807, 2.05) is 0 Å². The highest BCUT2D eigenvalue weighted by atomic mass is 79.9. The molecule has 0 fully saturated rings. The van der Waals surface area contributed by atoms with Crippen LogP contribution in [0.25, 0.3) is 0 Å². The molecule has 1 unspecified atom stereocenters. The molecule has 36 heavy (non-hydrogen) atoms.